The Bertz CT molecular complexity index is 9300. The molecule has 28 rings (SSSR count). The van der Waals surface area contributed by atoms with E-state index in [-0.39, 0.29) is 0 Å². The summed E-state index contributed by atoms with van der Waals surface area (Å²) < 4.78 is 14.3. The molecule has 0 saturated carbocycles. The van der Waals surface area contributed by atoms with Crippen LogP contribution in [-0.2, 0) is 0 Å². The third-order valence-electron chi connectivity index (χ3n) is 27.7. The van der Waals surface area contributed by atoms with E-state index in [0.29, 0.717) is 0 Å². The smallest absolute Gasteiger partial charge is 0.0541 e. The molecule has 0 spiro atoms. The van der Waals surface area contributed by atoms with Crippen LogP contribution in [0.2, 0.25) is 0 Å². The summed E-state index contributed by atoms with van der Waals surface area (Å²) in [6.07, 6.45) is 0. The summed E-state index contributed by atoms with van der Waals surface area (Å²) >= 11 is 0. The lowest BCUT2D eigenvalue weighted by atomic mass is 9.98. The maximum Gasteiger partial charge on any atom is 0.0541 e. The standard InChI is InChI=1S/C48H32N2.C42H28N2.C40H26N2/c1-3-13-33(14-4-1)37-29-38(34-15-5-2-6-16-34)31-40(30-37)50-47-22-12-9-19-43(47)44-32-36(25-28-48(44)50)35-23-26-39(27-24-35)49-45-20-10-7-17-41(45)42-18-8-11-21-46(42)49;1-2-11-29(12-3-1)31-13-10-14-34(27-31)44-41-20-9-6-17-37(41)38-28-32(23-26-42(38)44)30-21-24-33(25-22-30)43-39-18-7-4-15-35(39)36-16-5-8-19-40(36)43;1-2-10-29-25-32(23-19-27(29)9-1)42-39-16-8-5-13-35(39)36-26-30(20-24-40(36)42)28-17-21-31(22-18-28)41-37-14-6-3-11-33(37)34-12-4-7-15-38(34)41/h1-32H;1-28H;1-26H. The highest BCUT2D eigenvalue weighted by Crippen LogP contribution is 2.45. The Hall–Kier alpha value is -18.1. The van der Waals surface area contributed by atoms with Gasteiger partial charge in [0.1, 0.15) is 0 Å². The summed E-state index contributed by atoms with van der Waals surface area (Å²) in [5.74, 6) is 0. The van der Waals surface area contributed by atoms with Crippen LogP contribution in [0.15, 0.2) is 522 Å². The van der Waals surface area contributed by atoms with Crippen molar-refractivity contribution in [3.05, 3.63) is 522 Å². The van der Waals surface area contributed by atoms with Crippen LogP contribution in [-0.4, -0.2) is 27.4 Å². The number of hydrogen-bond acceptors (Lipinski definition) is 0. The van der Waals surface area contributed by atoms with E-state index >= 15 is 0 Å². The minimum Gasteiger partial charge on any atom is -0.309 e. The van der Waals surface area contributed by atoms with Crippen molar-refractivity contribution in [1.82, 2.24) is 27.4 Å². The average molecular weight is 1730 g/mol. The van der Waals surface area contributed by atoms with Crippen LogP contribution in [0.3, 0.4) is 0 Å². The molecule has 0 fully saturated rings. The van der Waals surface area contributed by atoms with Gasteiger partial charge in [-0.1, -0.05) is 352 Å². The molecule has 0 unspecified atom stereocenters. The molecule has 0 atom stereocenters. The van der Waals surface area contributed by atoms with Gasteiger partial charge in [-0.15, -0.1) is 0 Å². The maximum atomic E-state index is 2.43. The SMILES string of the molecule is c1ccc(-c2cc(-c3ccccc3)cc(-n3c4ccccc4c4cc(-c5ccc(-n6c7ccccc7c7ccccc76)cc5)ccc43)c2)cc1.c1ccc(-c2cccc(-n3c4ccccc4c4cc(-c5ccc(-n6c7ccccc7c7ccccc76)cc5)ccc43)c2)cc1.c1ccc2cc(-n3c4ccccc4c4cc(-c5ccc(-n6c7ccccc7c7ccccc76)cc5)ccc43)ccc2c1. The van der Waals surface area contributed by atoms with Gasteiger partial charge in [-0.05, 0) is 247 Å². The Kier molecular flexibility index (Phi) is 19.2. The minimum absolute atomic E-state index is 1.15. The molecule has 0 N–H and O–H groups in total. The Labute approximate surface area is 786 Å². The second kappa shape index (κ2) is 33.1. The third-order valence-corrected chi connectivity index (χ3v) is 27.7. The molecule has 6 nitrogen and oxygen atoms in total. The maximum absolute atomic E-state index is 2.43. The summed E-state index contributed by atoms with van der Waals surface area (Å²) in [7, 11) is 0. The molecule has 6 heteroatoms. The topological polar surface area (TPSA) is 29.6 Å². The van der Waals surface area contributed by atoms with E-state index in [0.717, 1.165) is 11.4 Å². The Morgan fingerprint density at radius 1 is 0.0882 bits per heavy atom. The van der Waals surface area contributed by atoms with Crippen molar-refractivity contribution in [3.8, 4) is 101 Å². The predicted octanol–water partition coefficient (Wildman–Crippen LogP) is 34.8. The van der Waals surface area contributed by atoms with E-state index in [2.05, 4.69) is 549 Å². The van der Waals surface area contributed by atoms with Crippen molar-refractivity contribution in [2.24, 2.45) is 0 Å². The fourth-order valence-electron chi connectivity index (χ4n) is 21.4. The second-order valence-electron chi connectivity index (χ2n) is 35.5. The summed E-state index contributed by atoms with van der Waals surface area (Å²) in [6, 6.07) is 189. The van der Waals surface area contributed by atoms with Crippen LogP contribution in [0.5, 0.6) is 0 Å². The van der Waals surface area contributed by atoms with E-state index in [1.807, 2.05) is 0 Å². The molecule has 22 aromatic carbocycles. The number of hydrogen-bond donors (Lipinski definition) is 0. The molecule has 0 aliphatic carbocycles. The Morgan fingerprint density at radius 3 is 0.618 bits per heavy atom. The van der Waals surface area contributed by atoms with E-state index in [1.54, 1.807) is 0 Å². The first-order valence-corrected chi connectivity index (χ1v) is 46.8. The number of rotatable bonds is 12. The molecule has 636 valence electrons. The Morgan fingerprint density at radius 2 is 0.294 bits per heavy atom. The highest BCUT2D eigenvalue weighted by Gasteiger charge is 2.23. The van der Waals surface area contributed by atoms with Gasteiger partial charge in [0, 0.05) is 98.8 Å². The number of aromatic nitrogens is 6. The van der Waals surface area contributed by atoms with Crippen LogP contribution < -0.4 is 0 Å². The molecule has 6 heterocycles. The fraction of sp³-hybridized carbons (Fsp3) is 0. The summed E-state index contributed by atoms with van der Waals surface area (Å²) in [5, 5.41) is 17.7. The summed E-state index contributed by atoms with van der Waals surface area (Å²) in [4.78, 5) is 0. The number of fused-ring (bicyclic) bond motifs is 19. The van der Waals surface area contributed by atoms with E-state index in [9.17, 15) is 0 Å². The van der Waals surface area contributed by atoms with Gasteiger partial charge in [0.2, 0.25) is 0 Å². The molecule has 0 bridgehead atoms. The number of nitrogens with zero attached hydrogens (tertiary/aromatic N) is 6. The fourth-order valence-corrected chi connectivity index (χ4v) is 21.4. The lowest BCUT2D eigenvalue weighted by Crippen LogP contribution is -1.96. The average Bonchev–Trinajstić information content (AvgIpc) is 1.54. The lowest BCUT2D eigenvalue weighted by Gasteiger charge is -2.14. The zero-order chi connectivity index (χ0) is 89.7. The lowest BCUT2D eigenvalue weighted by molar-refractivity contribution is 1.18. The zero-order valence-corrected chi connectivity index (χ0v) is 74.3. The van der Waals surface area contributed by atoms with Crippen molar-refractivity contribution in [3.63, 3.8) is 0 Å². The minimum atomic E-state index is 1.15. The zero-order valence-electron chi connectivity index (χ0n) is 74.3. The van der Waals surface area contributed by atoms with Crippen molar-refractivity contribution < 1.29 is 0 Å². The largest absolute Gasteiger partial charge is 0.309 e. The van der Waals surface area contributed by atoms with Crippen molar-refractivity contribution in [2.45, 2.75) is 0 Å². The van der Waals surface area contributed by atoms with Crippen LogP contribution in [0.4, 0.5) is 0 Å². The normalized spacial score (nSPS) is 11.7. The van der Waals surface area contributed by atoms with Crippen LogP contribution in [0.25, 0.3) is 242 Å². The number of benzene rings is 22. The predicted molar refractivity (Wildman–Crippen MR) is 575 cm³/mol. The quantitative estimate of drug-likeness (QED) is 0.117. The highest BCUT2D eigenvalue weighted by atomic mass is 15.0. The van der Waals surface area contributed by atoms with Gasteiger partial charge in [0.05, 0.1) is 66.2 Å². The number of para-hydroxylation sites is 9. The first-order chi connectivity index (χ1) is 67.5. The second-order valence-corrected chi connectivity index (χ2v) is 35.5. The summed E-state index contributed by atoms with van der Waals surface area (Å²) in [6.45, 7) is 0. The van der Waals surface area contributed by atoms with Crippen molar-refractivity contribution in [1.29, 1.82) is 0 Å². The van der Waals surface area contributed by atoms with Gasteiger partial charge < -0.3 is 27.4 Å². The molecule has 28 aromatic rings. The molecule has 6 aromatic heterocycles. The van der Waals surface area contributed by atoms with Gasteiger partial charge in [0.25, 0.3) is 0 Å². The Balaban J connectivity index is 0.000000106. The van der Waals surface area contributed by atoms with E-state index in [4.69, 9.17) is 0 Å². The van der Waals surface area contributed by atoms with Gasteiger partial charge >= 0.3 is 0 Å². The molecule has 0 amide bonds. The molecule has 136 heavy (non-hydrogen) atoms. The monoisotopic (exact) mass is 1730 g/mol. The van der Waals surface area contributed by atoms with Gasteiger partial charge in [-0.3, -0.25) is 0 Å². The molecule has 0 aliphatic heterocycles. The van der Waals surface area contributed by atoms with Crippen molar-refractivity contribution >= 4 is 142 Å². The van der Waals surface area contributed by atoms with Crippen LogP contribution >= 0.6 is 0 Å². The molecule has 0 radical (unpaired) electrons. The molecule has 0 saturated heterocycles. The van der Waals surface area contributed by atoms with Gasteiger partial charge in [-0.25, -0.2) is 0 Å². The molecular formula is C130H86N6. The van der Waals surface area contributed by atoms with Gasteiger partial charge in [-0.2, -0.15) is 0 Å². The van der Waals surface area contributed by atoms with Crippen LogP contribution in [0.1, 0.15) is 0 Å². The first-order valence-electron chi connectivity index (χ1n) is 46.8. The third kappa shape index (κ3) is 13.6. The summed E-state index contributed by atoms with van der Waals surface area (Å²) in [5.41, 5.74) is 36.2. The van der Waals surface area contributed by atoms with E-state index < -0.39 is 0 Å². The first kappa shape index (κ1) is 78.9. The highest BCUT2D eigenvalue weighted by molar-refractivity contribution is 6.16. The van der Waals surface area contributed by atoms with Crippen LogP contribution in [0, 0.1) is 0 Å². The van der Waals surface area contributed by atoms with E-state index in [1.165, 1.54) is 231 Å². The van der Waals surface area contributed by atoms with Crippen molar-refractivity contribution in [2.75, 3.05) is 0 Å². The molecular weight excluding hydrogens is 1650 g/mol. The molecule has 0 aliphatic rings. The van der Waals surface area contributed by atoms with Gasteiger partial charge in [0.15, 0.2) is 0 Å².